The number of rotatable bonds is 6. The zero-order chi connectivity index (χ0) is 21.1. The van der Waals surface area contributed by atoms with Crippen molar-refractivity contribution in [3.8, 4) is 0 Å². The minimum atomic E-state index is -0.0449. The summed E-state index contributed by atoms with van der Waals surface area (Å²) in [5.74, 6) is 0.642. The summed E-state index contributed by atoms with van der Waals surface area (Å²) >= 11 is 4.70. The quantitative estimate of drug-likeness (QED) is 0.503. The fraction of sp³-hybridized carbons (Fsp3) is 0.400. The number of anilines is 3. The predicted octanol–water partition coefficient (Wildman–Crippen LogP) is 4.42. The molecule has 0 N–H and O–H groups in total. The summed E-state index contributed by atoms with van der Waals surface area (Å²) in [7, 11) is 0. The van der Waals surface area contributed by atoms with Gasteiger partial charge in [0.25, 0.3) is 0 Å². The van der Waals surface area contributed by atoms with E-state index < -0.39 is 0 Å². The average Bonchev–Trinajstić information content (AvgIpc) is 3.40. The van der Waals surface area contributed by atoms with Crippen LogP contribution in [0.15, 0.2) is 27.9 Å². The van der Waals surface area contributed by atoms with E-state index in [0.29, 0.717) is 10.9 Å². The van der Waals surface area contributed by atoms with E-state index >= 15 is 0 Å². The second kappa shape index (κ2) is 9.42. The molecule has 0 saturated carbocycles. The third-order valence-corrected chi connectivity index (χ3v) is 7.91. The largest absolute Gasteiger partial charge is 0.378 e. The van der Waals surface area contributed by atoms with Crippen molar-refractivity contribution in [2.45, 2.75) is 30.9 Å². The number of thiazole rings is 1. The molecule has 158 valence electrons. The maximum absolute atomic E-state index is 12.4. The highest BCUT2D eigenvalue weighted by Crippen LogP contribution is 2.35. The molecule has 3 aromatic rings. The normalized spacial score (nSPS) is 14.2. The van der Waals surface area contributed by atoms with Crippen molar-refractivity contribution < 1.29 is 9.53 Å². The van der Waals surface area contributed by atoms with Crippen LogP contribution in [-0.4, -0.2) is 47.4 Å². The first-order valence-electron chi connectivity index (χ1n) is 9.63. The number of aryl methyl sites for hydroxylation is 1. The van der Waals surface area contributed by atoms with Gasteiger partial charge in [0, 0.05) is 31.1 Å². The topological polar surface area (TPSA) is 71.5 Å². The molecule has 0 radical (unpaired) electrons. The summed E-state index contributed by atoms with van der Waals surface area (Å²) in [5, 5.41) is 12.3. The number of aromatic nitrogens is 3. The Morgan fingerprint density at radius 1 is 1.27 bits per heavy atom. The van der Waals surface area contributed by atoms with Gasteiger partial charge in [0.05, 0.1) is 24.6 Å². The SMILES string of the molecule is CC(=O)N(c1nc(CSc2nnc(N3CCOCC3)s2)cs1)c1cccc(C)c1C. The Morgan fingerprint density at radius 2 is 2.07 bits per heavy atom. The van der Waals surface area contributed by atoms with E-state index in [1.807, 2.05) is 37.4 Å². The Balaban J connectivity index is 1.45. The summed E-state index contributed by atoms with van der Waals surface area (Å²) in [6.45, 7) is 8.84. The molecule has 30 heavy (non-hydrogen) atoms. The molecule has 7 nitrogen and oxygen atoms in total. The zero-order valence-corrected chi connectivity index (χ0v) is 19.6. The van der Waals surface area contributed by atoms with Crippen LogP contribution in [0.3, 0.4) is 0 Å². The highest BCUT2D eigenvalue weighted by atomic mass is 32.2. The molecule has 3 heterocycles. The summed E-state index contributed by atoms with van der Waals surface area (Å²) in [6, 6.07) is 5.99. The van der Waals surface area contributed by atoms with Gasteiger partial charge >= 0.3 is 0 Å². The molecule has 4 rings (SSSR count). The average molecular weight is 462 g/mol. The van der Waals surface area contributed by atoms with E-state index in [9.17, 15) is 4.79 Å². The lowest BCUT2D eigenvalue weighted by atomic mass is 10.1. The first-order chi connectivity index (χ1) is 14.5. The number of carbonyl (C=O) groups excluding carboxylic acids is 1. The second-order valence-corrected chi connectivity index (χ2v) is 9.95. The van der Waals surface area contributed by atoms with Crippen molar-refractivity contribution in [3.05, 3.63) is 40.4 Å². The molecule has 10 heteroatoms. The Bertz CT molecular complexity index is 1030. The molecular formula is C20H23N5O2S3. The Kier molecular flexibility index (Phi) is 6.67. The molecule has 1 aliphatic rings. The fourth-order valence-corrected chi connectivity index (χ4v) is 5.90. The zero-order valence-electron chi connectivity index (χ0n) is 17.1. The van der Waals surface area contributed by atoms with Gasteiger partial charge in [0.2, 0.25) is 11.0 Å². The van der Waals surface area contributed by atoms with Crippen molar-refractivity contribution in [3.63, 3.8) is 0 Å². The lowest BCUT2D eigenvalue weighted by Gasteiger charge is -2.25. The monoisotopic (exact) mass is 461 g/mol. The van der Waals surface area contributed by atoms with Gasteiger partial charge in [-0.15, -0.1) is 21.5 Å². The van der Waals surface area contributed by atoms with Crippen LogP contribution in [0.5, 0.6) is 0 Å². The Hall–Kier alpha value is -2.01. The van der Waals surface area contributed by atoms with Gasteiger partial charge in [-0.25, -0.2) is 4.98 Å². The maximum Gasteiger partial charge on any atom is 0.230 e. The molecule has 1 aromatic carbocycles. The lowest BCUT2D eigenvalue weighted by molar-refractivity contribution is -0.115. The molecule has 2 aromatic heterocycles. The van der Waals surface area contributed by atoms with E-state index in [0.717, 1.165) is 58.3 Å². The van der Waals surface area contributed by atoms with Gasteiger partial charge in [-0.1, -0.05) is 35.2 Å². The van der Waals surface area contributed by atoms with Crippen LogP contribution in [0.2, 0.25) is 0 Å². The van der Waals surface area contributed by atoms with Gasteiger partial charge in [-0.2, -0.15) is 0 Å². The number of hydrogen-bond acceptors (Lipinski definition) is 9. The first kappa shape index (κ1) is 21.2. The lowest BCUT2D eigenvalue weighted by Crippen LogP contribution is -2.36. The second-order valence-electron chi connectivity index (χ2n) is 6.93. The van der Waals surface area contributed by atoms with Crippen LogP contribution in [-0.2, 0) is 15.3 Å². The summed E-state index contributed by atoms with van der Waals surface area (Å²) < 4.78 is 6.31. The molecule has 0 aliphatic carbocycles. The summed E-state index contributed by atoms with van der Waals surface area (Å²) in [4.78, 5) is 21.0. The van der Waals surface area contributed by atoms with Crippen molar-refractivity contribution in [1.82, 2.24) is 15.2 Å². The first-order valence-corrected chi connectivity index (χ1v) is 12.3. The highest BCUT2D eigenvalue weighted by Gasteiger charge is 2.21. The van der Waals surface area contributed by atoms with E-state index in [1.54, 1.807) is 34.9 Å². The van der Waals surface area contributed by atoms with Crippen molar-refractivity contribution in [2.75, 3.05) is 36.1 Å². The number of morpholine rings is 1. The van der Waals surface area contributed by atoms with Gasteiger partial charge in [0.1, 0.15) is 0 Å². The molecule has 0 unspecified atom stereocenters. The van der Waals surface area contributed by atoms with E-state index in [2.05, 4.69) is 15.1 Å². The summed E-state index contributed by atoms with van der Waals surface area (Å²) in [6.07, 6.45) is 0. The van der Waals surface area contributed by atoms with Crippen molar-refractivity contribution >= 4 is 56.3 Å². The Labute approximate surface area is 188 Å². The molecule has 1 amide bonds. The van der Waals surface area contributed by atoms with Crippen LogP contribution in [0.4, 0.5) is 16.0 Å². The van der Waals surface area contributed by atoms with Crippen LogP contribution in [0.25, 0.3) is 0 Å². The standard InChI is InChI=1S/C20H23N5O2S3/c1-13-5-4-6-17(14(13)2)25(15(3)26)18-21-16(11-28-18)12-29-20-23-22-19(30-20)24-7-9-27-10-8-24/h4-6,11H,7-10,12H2,1-3H3. The number of ether oxygens (including phenoxy) is 1. The smallest absolute Gasteiger partial charge is 0.230 e. The summed E-state index contributed by atoms with van der Waals surface area (Å²) in [5.41, 5.74) is 4.05. The van der Waals surface area contributed by atoms with Crippen LogP contribution >= 0.6 is 34.4 Å². The van der Waals surface area contributed by atoms with E-state index in [1.165, 1.54) is 11.3 Å². The third kappa shape index (κ3) is 4.66. The minimum Gasteiger partial charge on any atom is -0.378 e. The number of carbonyl (C=O) groups is 1. The van der Waals surface area contributed by atoms with Gasteiger partial charge in [-0.05, 0) is 31.0 Å². The van der Waals surface area contributed by atoms with Gasteiger partial charge < -0.3 is 9.64 Å². The Morgan fingerprint density at radius 3 is 2.83 bits per heavy atom. The predicted molar refractivity (Wildman–Crippen MR) is 123 cm³/mol. The van der Waals surface area contributed by atoms with Gasteiger partial charge in [-0.3, -0.25) is 9.69 Å². The van der Waals surface area contributed by atoms with Crippen LogP contribution in [0.1, 0.15) is 23.7 Å². The molecular weight excluding hydrogens is 438 g/mol. The highest BCUT2D eigenvalue weighted by molar-refractivity contribution is 8.00. The number of thioether (sulfide) groups is 1. The van der Waals surface area contributed by atoms with Crippen LogP contribution in [0, 0.1) is 13.8 Å². The van der Waals surface area contributed by atoms with E-state index in [4.69, 9.17) is 9.72 Å². The van der Waals surface area contributed by atoms with Gasteiger partial charge in [0.15, 0.2) is 9.47 Å². The molecule has 0 atom stereocenters. The molecule has 1 aliphatic heterocycles. The van der Waals surface area contributed by atoms with Crippen molar-refractivity contribution in [1.29, 1.82) is 0 Å². The fourth-order valence-electron chi connectivity index (χ4n) is 3.13. The molecule has 1 fully saturated rings. The third-order valence-electron chi connectivity index (χ3n) is 4.88. The van der Waals surface area contributed by atoms with E-state index in [-0.39, 0.29) is 5.91 Å². The number of nitrogens with zero attached hydrogens (tertiary/aromatic N) is 5. The maximum atomic E-state index is 12.4. The van der Waals surface area contributed by atoms with Crippen molar-refractivity contribution in [2.24, 2.45) is 0 Å². The number of hydrogen-bond donors (Lipinski definition) is 0. The number of amides is 1. The molecule has 1 saturated heterocycles. The minimum absolute atomic E-state index is 0.0449. The number of benzene rings is 1. The van der Waals surface area contributed by atoms with Crippen LogP contribution < -0.4 is 9.80 Å². The molecule has 0 bridgehead atoms. The molecule has 0 spiro atoms.